The number of carbonyl (C=O) groups excluding carboxylic acids is 1. The van der Waals surface area contributed by atoms with E-state index >= 15 is 0 Å². The quantitative estimate of drug-likeness (QED) is 0.446. The van der Waals surface area contributed by atoms with Crippen LogP contribution in [0.2, 0.25) is 5.02 Å². The maximum absolute atomic E-state index is 11.8. The van der Waals surface area contributed by atoms with E-state index in [2.05, 4.69) is 15.3 Å². The molecule has 0 saturated heterocycles. The summed E-state index contributed by atoms with van der Waals surface area (Å²) in [4.78, 5) is 20.6. The van der Waals surface area contributed by atoms with E-state index in [0.29, 0.717) is 29.7 Å². The third kappa shape index (κ3) is 5.02. The van der Waals surface area contributed by atoms with E-state index in [1.165, 1.54) is 11.8 Å². The van der Waals surface area contributed by atoms with Gasteiger partial charge in [-0.3, -0.25) is 4.79 Å². The fourth-order valence-electron chi connectivity index (χ4n) is 2.80. The van der Waals surface area contributed by atoms with Crippen LogP contribution in [0.25, 0.3) is 11.3 Å². The summed E-state index contributed by atoms with van der Waals surface area (Å²) in [5.41, 5.74) is 2.79. The fraction of sp³-hybridized carbons (Fsp3) is 0.350. The first kappa shape index (κ1) is 19.7. The van der Waals surface area contributed by atoms with Crippen LogP contribution in [0, 0.1) is 5.92 Å². The Morgan fingerprint density at radius 1 is 1.48 bits per heavy atom. The summed E-state index contributed by atoms with van der Waals surface area (Å²) in [6.07, 6.45) is 7.68. The molecule has 1 N–H and O–H groups in total. The Morgan fingerprint density at radius 3 is 3.04 bits per heavy atom. The van der Waals surface area contributed by atoms with Gasteiger partial charge in [0, 0.05) is 23.7 Å². The lowest BCUT2D eigenvalue weighted by Gasteiger charge is -2.11. The molecule has 1 unspecified atom stereocenters. The minimum absolute atomic E-state index is 0.111. The van der Waals surface area contributed by atoms with Gasteiger partial charge in [0.25, 0.3) is 0 Å². The summed E-state index contributed by atoms with van der Waals surface area (Å²) in [6, 6.07) is 5.78. The number of halogens is 1. The number of amides is 1. The van der Waals surface area contributed by atoms with Crippen molar-refractivity contribution < 1.29 is 9.53 Å². The monoisotopic (exact) mass is 403 g/mol. The highest BCUT2D eigenvalue weighted by Gasteiger charge is 2.26. The van der Waals surface area contributed by atoms with Gasteiger partial charge in [0.2, 0.25) is 5.91 Å². The van der Waals surface area contributed by atoms with Crippen molar-refractivity contribution in [3.8, 4) is 17.0 Å². The second kappa shape index (κ2) is 8.76. The molecule has 0 saturated carbocycles. The molecule has 1 amide bonds. The number of hydrogen-bond donors (Lipinski definition) is 1. The van der Waals surface area contributed by atoms with E-state index in [1.54, 1.807) is 12.3 Å². The highest BCUT2D eigenvalue weighted by atomic mass is 35.5. The van der Waals surface area contributed by atoms with Crippen molar-refractivity contribution in [2.75, 3.05) is 12.8 Å². The van der Waals surface area contributed by atoms with Gasteiger partial charge in [-0.2, -0.15) is 0 Å². The summed E-state index contributed by atoms with van der Waals surface area (Å²) in [5.74, 6) is 0.922. The third-order valence-corrected chi connectivity index (χ3v) is 4.94. The minimum atomic E-state index is -0.128. The van der Waals surface area contributed by atoms with E-state index < -0.39 is 0 Å². The molecule has 1 atom stereocenters. The summed E-state index contributed by atoms with van der Waals surface area (Å²) < 4.78 is 5.94. The summed E-state index contributed by atoms with van der Waals surface area (Å²) in [5, 5.41) is 4.15. The number of allylic oxidation sites excluding steroid dienone is 1. The molecule has 142 valence electrons. The molecule has 2 heterocycles. The first-order valence-corrected chi connectivity index (χ1v) is 10.4. The van der Waals surface area contributed by atoms with Crippen LogP contribution in [0.4, 0.5) is 0 Å². The molecule has 7 heteroatoms. The van der Waals surface area contributed by atoms with Crippen LogP contribution in [0.15, 0.2) is 41.7 Å². The molecule has 1 aromatic carbocycles. The van der Waals surface area contributed by atoms with Gasteiger partial charge in [0.1, 0.15) is 11.9 Å². The lowest BCUT2D eigenvalue weighted by molar-refractivity contribution is -0.116. The minimum Gasteiger partial charge on any atom is -0.486 e. The SMILES string of the molecule is CSc1nccc(-c2cc(Cl)c3c(c2)CC(CNC(=O)/C=C/C(C)C)O3)n1. The topological polar surface area (TPSA) is 64.1 Å². The molecule has 1 aliphatic rings. The standard InChI is InChI=1S/C20H22ClN3O2S/c1-12(2)4-5-18(25)23-11-15-9-14-8-13(10-16(21)19(14)26-15)17-6-7-22-20(24-17)27-3/h4-8,10,12,15H,9,11H2,1-3H3,(H,23,25)/b5-4+. The summed E-state index contributed by atoms with van der Waals surface area (Å²) in [6.45, 7) is 4.49. The molecular weight excluding hydrogens is 382 g/mol. The Balaban J connectivity index is 1.70. The number of fused-ring (bicyclic) bond motifs is 1. The maximum atomic E-state index is 11.8. The van der Waals surface area contributed by atoms with Gasteiger partial charge < -0.3 is 10.1 Å². The highest BCUT2D eigenvalue weighted by Crippen LogP contribution is 2.39. The number of hydrogen-bond acceptors (Lipinski definition) is 5. The van der Waals surface area contributed by atoms with Gasteiger partial charge in [-0.1, -0.05) is 43.3 Å². The first-order valence-electron chi connectivity index (χ1n) is 8.78. The van der Waals surface area contributed by atoms with Gasteiger partial charge in [-0.05, 0) is 36.4 Å². The second-order valence-electron chi connectivity index (χ2n) is 6.67. The van der Waals surface area contributed by atoms with Crippen molar-refractivity contribution >= 4 is 29.3 Å². The van der Waals surface area contributed by atoms with Crippen LogP contribution < -0.4 is 10.1 Å². The molecule has 0 bridgehead atoms. The van der Waals surface area contributed by atoms with E-state index in [-0.39, 0.29) is 12.0 Å². The zero-order valence-electron chi connectivity index (χ0n) is 15.5. The van der Waals surface area contributed by atoms with Crippen LogP contribution >= 0.6 is 23.4 Å². The third-order valence-electron chi connectivity index (χ3n) is 4.10. The van der Waals surface area contributed by atoms with Crippen molar-refractivity contribution in [2.45, 2.75) is 31.5 Å². The lowest BCUT2D eigenvalue weighted by Crippen LogP contribution is -2.33. The van der Waals surface area contributed by atoms with Crippen molar-refractivity contribution in [1.82, 2.24) is 15.3 Å². The summed E-state index contributed by atoms with van der Waals surface area (Å²) in [7, 11) is 0. The average molecular weight is 404 g/mol. The molecule has 1 aromatic heterocycles. The number of nitrogens with zero attached hydrogens (tertiary/aromatic N) is 2. The fourth-order valence-corrected chi connectivity index (χ4v) is 3.44. The molecule has 1 aliphatic heterocycles. The van der Waals surface area contributed by atoms with Gasteiger partial charge in [0.05, 0.1) is 17.3 Å². The first-order chi connectivity index (χ1) is 13.0. The molecule has 3 rings (SSSR count). The van der Waals surface area contributed by atoms with Crippen molar-refractivity contribution in [3.05, 3.63) is 47.1 Å². The Morgan fingerprint density at radius 2 is 2.30 bits per heavy atom. The number of benzene rings is 1. The van der Waals surface area contributed by atoms with Crippen LogP contribution in [-0.2, 0) is 11.2 Å². The van der Waals surface area contributed by atoms with Crippen LogP contribution in [-0.4, -0.2) is 34.8 Å². The van der Waals surface area contributed by atoms with Gasteiger partial charge in [-0.25, -0.2) is 9.97 Å². The molecule has 2 aromatic rings. The smallest absolute Gasteiger partial charge is 0.243 e. The molecule has 27 heavy (non-hydrogen) atoms. The van der Waals surface area contributed by atoms with Crippen molar-refractivity contribution in [2.24, 2.45) is 5.92 Å². The number of ether oxygens (including phenoxy) is 1. The molecular formula is C20H22ClN3O2S. The Bertz CT molecular complexity index is 870. The predicted molar refractivity (Wildman–Crippen MR) is 109 cm³/mol. The second-order valence-corrected chi connectivity index (χ2v) is 7.85. The molecule has 0 fully saturated rings. The number of aromatic nitrogens is 2. The molecule has 5 nitrogen and oxygen atoms in total. The average Bonchev–Trinajstić information content (AvgIpc) is 3.08. The van der Waals surface area contributed by atoms with E-state index in [4.69, 9.17) is 16.3 Å². The number of rotatable bonds is 6. The van der Waals surface area contributed by atoms with Crippen molar-refractivity contribution in [1.29, 1.82) is 0 Å². The zero-order chi connectivity index (χ0) is 19.4. The normalized spacial score (nSPS) is 15.8. The molecule has 0 spiro atoms. The van der Waals surface area contributed by atoms with Gasteiger partial charge in [-0.15, -0.1) is 0 Å². The maximum Gasteiger partial charge on any atom is 0.243 e. The van der Waals surface area contributed by atoms with Gasteiger partial charge >= 0.3 is 0 Å². The Hall–Kier alpha value is -2.05. The van der Waals surface area contributed by atoms with Crippen LogP contribution in [0.3, 0.4) is 0 Å². The number of thioether (sulfide) groups is 1. The van der Waals surface area contributed by atoms with Crippen molar-refractivity contribution in [3.63, 3.8) is 0 Å². The summed E-state index contributed by atoms with van der Waals surface area (Å²) >= 11 is 7.94. The number of nitrogens with one attached hydrogen (secondary N) is 1. The predicted octanol–water partition coefficient (Wildman–Crippen LogP) is 4.15. The molecule has 0 aliphatic carbocycles. The largest absolute Gasteiger partial charge is 0.486 e. The van der Waals surface area contributed by atoms with Crippen LogP contribution in [0.1, 0.15) is 19.4 Å². The van der Waals surface area contributed by atoms with E-state index in [1.807, 2.05) is 44.4 Å². The Kier molecular flexibility index (Phi) is 6.39. The van der Waals surface area contributed by atoms with Gasteiger partial charge in [0.15, 0.2) is 5.16 Å². The van der Waals surface area contributed by atoms with E-state index in [9.17, 15) is 4.79 Å². The number of carbonyl (C=O) groups is 1. The Labute approximate surface area is 168 Å². The van der Waals surface area contributed by atoms with Crippen LogP contribution in [0.5, 0.6) is 5.75 Å². The molecule has 0 radical (unpaired) electrons. The zero-order valence-corrected chi connectivity index (χ0v) is 17.1. The van der Waals surface area contributed by atoms with E-state index in [0.717, 1.165) is 22.0 Å². The highest BCUT2D eigenvalue weighted by molar-refractivity contribution is 7.98. The lowest BCUT2D eigenvalue weighted by atomic mass is 10.0.